The molecule has 1 fully saturated rings. The minimum absolute atomic E-state index is 0.240. The molecule has 4 N–H and O–H groups in total. The molecule has 0 radical (unpaired) electrons. The molecule has 1 saturated heterocycles. The average molecular weight is 318 g/mol. The summed E-state index contributed by atoms with van der Waals surface area (Å²) in [5.41, 5.74) is 5.85. The number of aromatic nitrogens is 3. The van der Waals surface area contributed by atoms with E-state index in [1.54, 1.807) is 6.07 Å². The number of benzene rings is 1. The average Bonchev–Trinajstić information content (AvgIpc) is 2.99. The quantitative estimate of drug-likeness (QED) is 0.786. The van der Waals surface area contributed by atoms with Crippen molar-refractivity contribution in [2.75, 3.05) is 30.3 Å². The van der Waals surface area contributed by atoms with E-state index in [0.29, 0.717) is 24.0 Å². The van der Waals surface area contributed by atoms with Crippen molar-refractivity contribution >= 4 is 17.8 Å². The second-order valence-corrected chi connectivity index (χ2v) is 5.67. The van der Waals surface area contributed by atoms with Crippen LogP contribution < -0.4 is 16.0 Å². The Morgan fingerprint density at radius 3 is 2.87 bits per heavy atom. The number of aromatic amines is 1. The number of nitrogens with two attached hydrogens (primary N) is 1. The first-order valence-electron chi connectivity index (χ1n) is 7.58. The van der Waals surface area contributed by atoms with Crippen molar-refractivity contribution in [3.63, 3.8) is 0 Å². The molecular formula is C15H19FN6O. The second kappa shape index (κ2) is 6.64. The molecule has 122 valence electrons. The molecule has 0 bridgehead atoms. The van der Waals surface area contributed by atoms with Gasteiger partial charge in [-0.25, -0.2) is 9.49 Å². The first-order valence-corrected chi connectivity index (χ1v) is 7.58. The van der Waals surface area contributed by atoms with Gasteiger partial charge in [0.1, 0.15) is 5.82 Å². The molecule has 1 aromatic carbocycles. The number of H-pyrrole nitrogens is 1. The molecule has 0 spiro atoms. The molecule has 0 saturated carbocycles. The Hall–Kier alpha value is -2.64. The van der Waals surface area contributed by atoms with Crippen LogP contribution in [0.3, 0.4) is 0 Å². The highest BCUT2D eigenvalue weighted by Gasteiger charge is 2.22. The van der Waals surface area contributed by atoms with Crippen LogP contribution in [0.2, 0.25) is 0 Å². The van der Waals surface area contributed by atoms with Crippen molar-refractivity contribution in [1.82, 2.24) is 20.5 Å². The topological polar surface area (TPSA) is 99.9 Å². The Kier molecular flexibility index (Phi) is 4.40. The molecule has 0 aliphatic carbocycles. The van der Waals surface area contributed by atoms with Crippen LogP contribution >= 0.6 is 0 Å². The molecule has 7 nitrogen and oxygen atoms in total. The van der Waals surface area contributed by atoms with E-state index in [1.165, 1.54) is 18.2 Å². The summed E-state index contributed by atoms with van der Waals surface area (Å²) >= 11 is 0. The van der Waals surface area contributed by atoms with Crippen LogP contribution in [0.15, 0.2) is 24.3 Å². The summed E-state index contributed by atoms with van der Waals surface area (Å²) in [5, 5.41) is 9.50. The highest BCUT2D eigenvalue weighted by Crippen LogP contribution is 2.20. The summed E-state index contributed by atoms with van der Waals surface area (Å²) in [6.07, 6.45) is 1.87. The maximum Gasteiger partial charge on any atom is 0.251 e. The first kappa shape index (κ1) is 15.3. The first-order chi connectivity index (χ1) is 11.1. The SMILES string of the molecule is Nc1n[nH]c(N2CCC(CNC(=O)c3cccc(F)c3)CC2)n1. The Balaban J connectivity index is 1.46. The lowest BCUT2D eigenvalue weighted by Gasteiger charge is -2.31. The van der Waals surface area contributed by atoms with Crippen LogP contribution in [0.25, 0.3) is 0 Å². The zero-order valence-electron chi connectivity index (χ0n) is 12.6. The molecule has 8 heteroatoms. The molecule has 2 aromatic rings. The fourth-order valence-corrected chi connectivity index (χ4v) is 2.72. The van der Waals surface area contributed by atoms with E-state index in [-0.39, 0.29) is 11.9 Å². The molecule has 2 heterocycles. The summed E-state index contributed by atoms with van der Waals surface area (Å²) in [6.45, 7) is 2.24. The van der Waals surface area contributed by atoms with Gasteiger partial charge in [-0.15, -0.1) is 5.10 Å². The third kappa shape index (κ3) is 3.77. The van der Waals surface area contributed by atoms with Gasteiger partial charge in [-0.05, 0) is 37.0 Å². The number of rotatable bonds is 4. The standard InChI is InChI=1S/C15H19FN6O/c16-12-3-1-2-11(8-12)13(23)18-9-10-4-6-22(7-5-10)15-19-14(17)20-21-15/h1-3,8,10H,4-7,9H2,(H,18,23)(H3,17,19,20,21). The normalized spacial score (nSPS) is 15.6. The van der Waals surface area contributed by atoms with Crippen LogP contribution in [0.1, 0.15) is 23.2 Å². The number of carbonyl (C=O) groups is 1. The monoisotopic (exact) mass is 318 g/mol. The van der Waals surface area contributed by atoms with Crippen molar-refractivity contribution in [1.29, 1.82) is 0 Å². The summed E-state index contributed by atoms with van der Waals surface area (Å²) in [4.78, 5) is 18.2. The fraction of sp³-hybridized carbons (Fsp3) is 0.400. The maximum absolute atomic E-state index is 13.1. The summed E-state index contributed by atoms with van der Waals surface area (Å²) in [6, 6.07) is 5.70. The number of nitrogens with zero attached hydrogens (tertiary/aromatic N) is 3. The Bertz CT molecular complexity index is 680. The van der Waals surface area contributed by atoms with Crippen molar-refractivity contribution in [3.8, 4) is 0 Å². The van der Waals surface area contributed by atoms with Gasteiger partial charge in [-0.2, -0.15) is 4.98 Å². The maximum atomic E-state index is 13.1. The second-order valence-electron chi connectivity index (χ2n) is 5.67. The molecule has 23 heavy (non-hydrogen) atoms. The van der Waals surface area contributed by atoms with Gasteiger partial charge in [0.15, 0.2) is 0 Å². The predicted octanol–water partition coefficient (Wildman–Crippen LogP) is 1.17. The van der Waals surface area contributed by atoms with Crippen molar-refractivity contribution < 1.29 is 9.18 Å². The zero-order chi connectivity index (χ0) is 16.2. The van der Waals surface area contributed by atoms with Crippen LogP contribution in [-0.2, 0) is 0 Å². The number of halogens is 1. The number of nitrogen functional groups attached to an aromatic ring is 1. The molecule has 0 unspecified atom stereocenters. The number of hydrogen-bond donors (Lipinski definition) is 3. The van der Waals surface area contributed by atoms with E-state index < -0.39 is 5.82 Å². The number of hydrogen-bond acceptors (Lipinski definition) is 5. The third-order valence-electron chi connectivity index (χ3n) is 4.04. The van der Waals surface area contributed by atoms with Gasteiger partial charge in [0, 0.05) is 25.2 Å². The number of nitrogens with one attached hydrogen (secondary N) is 2. The molecule has 1 amide bonds. The van der Waals surface area contributed by atoms with Crippen LogP contribution in [0.4, 0.5) is 16.3 Å². The predicted molar refractivity (Wildman–Crippen MR) is 84.5 cm³/mol. The summed E-state index contributed by atoms with van der Waals surface area (Å²) in [7, 11) is 0. The van der Waals surface area contributed by atoms with Crippen molar-refractivity contribution in [2.24, 2.45) is 5.92 Å². The van der Waals surface area contributed by atoms with Gasteiger partial charge < -0.3 is 16.0 Å². The largest absolute Gasteiger partial charge is 0.366 e. The zero-order valence-corrected chi connectivity index (χ0v) is 12.6. The van der Waals surface area contributed by atoms with Crippen molar-refractivity contribution in [3.05, 3.63) is 35.6 Å². The van der Waals surface area contributed by atoms with E-state index >= 15 is 0 Å². The van der Waals surface area contributed by atoms with E-state index in [2.05, 4.69) is 25.4 Å². The van der Waals surface area contributed by atoms with Gasteiger partial charge >= 0.3 is 0 Å². The smallest absolute Gasteiger partial charge is 0.251 e. The molecule has 3 rings (SSSR count). The lowest BCUT2D eigenvalue weighted by molar-refractivity contribution is 0.0944. The molecule has 1 aliphatic heterocycles. The minimum atomic E-state index is -0.405. The van der Waals surface area contributed by atoms with Crippen LogP contribution in [0.5, 0.6) is 0 Å². The number of anilines is 2. The lowest BCUT2D eigenvalue weighted by Crippen LogP contribution is -2.39. The highest BCUT2D eigenvalue weighted by molar-refractivity contribution is 5.94. The third-order valence-corrected chi connectivity index (χ3v) is 4.04. The lowest BCUT2D eigenvalue weighted by atomic mass is 9.97. The van der Waals surface area contributed by atoms with Gasteiger partial charge in [0.05, 0.1) is 0 Å². The fourth-order valence-electron chi connectivity index (χ4n) is 2.72. The van der Waals surface area contributed by atoms with Crippen molar-refractivity contribution in [2.45, 2.75) is 12.8 Å². The Labute approximate surface area is 133 Å². The van der Waals surface area contributed by atoms with Gasteiger partial charge in [0.25, 0.3) is 5.91 Å². The highest BCUT2D eigenvalue weighted by atomic mass is 19.1. The van der Waals surface area contributed by atoms with E-state index in [9.17, 15) is 9.18 Å². The Morgan fingerprint density at radius 1 is 1.43 bits per heavy atom. The van der Waals surface area contributed by atoms with Gasteiger partial charge in [-0.1, -0.05) is 6.07 Å². The summed E-state index contributed by atoms with van der Waals surface area (Å²) < 4.78 is 13.1. The van der Waals surface area contributed by atoms with Gasteiger partial charge in [0.2, 0.25) is 11.9 Å². The van der Waals surface area contributed by atoms with Gasteiger partial charge in [-0.3, -0.25) is 4.79 Å². The summed E-state index contributed by atoms with van der Waals surface area (Å²) in [5.74, 6) is 0.672. The van der Waals surface area contributed by atoms with E-state index in [4.69, 9.17) is 5.73 Å². The number of amides is 1. The minimum Gasteiger partial charge on any atom is -0.366 e. The van der Waals surface area contributed by atoms with E-state index in [1.807, 2.05) is 0 Å². The molecule has 1 aliphatic rings. The van der Waals surface area contributed by atoms with E-state index in [0.717, 1.165) is 25.9 Å². The van der Waals surface area contributed by atoms with Crippen LogP contribution in [0, 0.1) is 11.7 Å². The molecule has 0 atom stereocenters. The Morgan fingerprint density at radius 2 is 2.22 bits per heavy atom. The number of carbonyl (C=O) groups excluding carboxylic acids is 1. The molecule has 1 aromatic heterocycles. The number of piperidine rings is 1. The van der Waals surface area contributed by atoms with Crippen LogP contribution in [-0.4, -0.2) is 40.7 Å². The molecular weight excluding hydrogens is 299 g/mol.